The van der Waals surface area contributed by atoms with Gasteiger partial charge in [0.05, 0.1) is 10.4 Å². The van der Waals surface area contributed by atoms with E-state index < -0.39 is 0 Å². The number of hydrogen-bond acceptors (Lipinski definition) is 2. The summed E-state index contributed by atoms with van der Waals surface area (Å²) >= 11 is 1.80. The van der Waals surface area contributed by atoms with Crippen molar-refractivity contribution < 1.29 is 4.39 Å². The molecule has 0 radical (unpaired) electrons. The van der Waals surface area contributed by atoms with Gasteiger partial charge < -0.3 is 0 Å². The minimum atomic E-state index is -0.213. The van der Waals surface area contributed by atoms with Crippen molar-refractivity contribution in [3.63, 3.8) is 0 Å². The minimum absolute atomic E-state index is 0.213. The molecule has 4 aromatic rings. The van der Waals surface area contributed by atoms with Crippen molar-refractivity contribution in [1.29, 1.82) is 0 Å². The largest absolute Gasteiger partial charge is 0.255 e. The third-order valence-corrected chi connectivity index (χ3v) is 6.14. The SMILES string of the molecule is Fc1ccc(-c2nccc3c2sc2cc4c(cc23)CCCC4)cc1. The average molecular weight is 333 g/mol. The first-order chi connectivity index (χ1) is 11.8. The zero-order valence-corrected chi connectivity index (χ0v) is 14.0. The first kappa shape index (κ1) is 14.1. The Morgan fingerprint density at radius 1 is 0.875 bits per heavy atom. The number of pyridine rings is 1. The summed E-state index contributed by atoms with van der Waals surface area (Å²) in [5, 5.41) is 2.60. The van der Waals surface area contributed by atoms with Crippen LogP contribution in [0.15, 0.2) is 48.7 Å². The van der Waals surface area contributed by atoms with Gasteiger partial charge in [0.1, 0.15) is 5.82 Å². The van der Waals surface area contributed by atoms with Gasteiger partial charge in [0.15, 0.2) is 0 Å². The zero-order chi connectivity index (χ0) is 16.1. The molecular weight excluding hydrogens is 317 g/mol. The second-order valence-electron chi connectivity index (χ2n) is 6.47. The van der Waals surface area contributed by atoms with Crippen LogP contribution in [0, 0.1) is 5.82 Å². The molecule has 5 rings (SSSR count). The molecule has 0 fully saturated rings. The summed E-state index contributed by atoms with van der Waals surface area (Å²) in [7, 11) is 0. The van der Waals surface area contributed by atoms with Gasteiger partial charge in [0, 0.05) is 27.2 Å². The van der Waals surface area contributed by atoms with Gasteiger partial charge in [-0.1, -0.05) is 0 Å². The second kappa shape index (κ2) is 5.38. The Hall–Kier alpha value is -2.26. The van der Waals surface area contributed by atoms with E-state index in [4.69, 9.17) is 0 Å². The van der Waals surface area contributed by atoms with Crippen LogP contribution < -0.4 is 0 Å². The van der Waals surface area contributed by atoms with Gasteiger partial charge >= 0.3 is 0 Å². The molecule has 0 unspecified atom stereocenters. The number of hydrogen-bond donors (Lipinski definition) is 0. The van der Waals surface area contributed by atoms with Gasteiger partial charge in [0.2, 0.25) is 0 Å². The first-order valence-electron chi connectivity index (χ1n) is 8.38. The molecule has 1 aliphatic rings. The molecule has 0 amide bonds. The van der Waals surface area contributed by atoms with Crippen LogP contribution in [0.3, 0.4) is 0 Å². The summed E-state index contributed by atoms with van der Waals surface area (Å²) in [5.74, 6) is -0.213. The summed E-state index contributed by atoms with van der Waals surface area (Å²) in [4.78, 5) is 4.59. The third-order valence-electron chi connectivity index (χ3n) is 4.97. The molecule has 0 N–H and O–H groups in total. The number of thiophene rings is 1. The maximum atomic E-state index is 13.2. The van der Waals surface area contributed by atoms with Crippen LogP contribution in [0.1, 0.15) is 24.0 Å². The van der Waals surface area contributed by atoms with Crippen LogP contribution in [0.25, 0.3) is 31.4 Å². The van der Waals surface area contributed by atoms with E-state index in [0.717, 1.165) is 11.3 Å². The molecule has 0 aliphatic heterocycles. The number of rotatable bonds is 1. The number of benzene rings is 2. The van der Waals surface area contributed by atoms with Gasteiger partial charge in [-0.25, -0.2) is 4.39 Å². The van der Waals surface area contributed by atoms with Crippen molar-refractivity contribution in [1.82, 2.24) is 4.98 Å². The van der Waals surface area contributed by atoms with Crippen molar-refractivity contribution in [2.75, 3.05) is 0 Å². The molecule has 2 aromatic heterocycles. The average Bonchev–Trinajstić information content (AvgIpc) is 2.98. The lowest BCUT2D eigenvalue weighted by Gasteiger charge is -2.15. The molecule has 0 bridgehead atoms. The van der Waals surface area contributed by atoms with Crippen molar-refractivity contribution in [3.8, 4) is 11.3 Å². The smallest absolute Gasteiger partial charge is 0.123 e. The molecule has 1 aliphatic carbocycles. The lowest BCUT2D eigenvalue weighted by Crippen LogP contribution is -2.01. The summed E-state index contributed by atoms with van der Waals surface area (Å²) < 4.78 is 15.8. The monoisotopic (exact) mass is 333 g/mol. The maximum absolute atomic E-state index is 13.2. The van der Waals surface area contributed by atoms with Crippen molar-refractivity contribution in [2.45, 2.75) is 25.7 Å². The van der Waals surface area contributed by atoms with E-state index in [9.17, 15) is 4.39 Å². The summed E-state index contributed by atoms with van der Waals surface area (Å²) in [6, 6.07) is 13.5. The third kappa shape index (κ3) is 2.15. The fourth-order valence-electron chi connectivity index (χ4n) is 3.74. The van der Waals surface area contributed by atoms with Crippen LogP contribution in [-0.2, 0) is 12.8 Å². The number of aryl methyl sites for hydroxylation is 2. The lowest BCUT2D eigenvalue weighted by molar-refractivity contribution is 0.628. The van der Waals surface area contributed by atoms with E-state index in [2.05, 4.69) is 23.2 Å². The molecule has 2 heterocycles. The molecule has 3 heteroatoms. The van der Waals surface area contributed by atoms with E-state index in [-0.39, 0.29) is 5.82 Å². The van der Waals surface area contributed by atoms with Gasteiger partial charge in [0.25, 0.3) is 0 Å². The summed E-state index contributed by atoms with van der Waals surface area (Å²) in [6.45, 7) is 0. The highest BCUT2D eigenvalue weighted by molar-refractivity contribution is 7.26. The quantitative estimate of drug-likeness (QED) is 0.408. The lowest BCUT2D eigenvalue weighted by atomic mass is 9.90. The molecule has 1 nitrogen and oxygen atoms in total. The van der Waals surface area contributed by atoms with E-state index in [1.807, 2.05) is 18.3 Å². The molecule has 118 valence electrons. The molecule has 0 atom stereocenters. The first-order valence-corrected chi connectivity index (χ1v) is 9.20. The Balaban J connectivity index is 1.79. The van der Waals surface area contributed by atoms with Gasteiger partial charge in [-0.2, -0.15) is 0 Å². The van der Waals surface area contributed by atoms with E-state index in [0.29, 0.717) is 0 Å². The van der Waals surface area contributed by atoms with Gasteiger partial charge in [-0.05, 0) is 79.3 Å². The number of halogens is 1. The number of fused-ring (bicyclic) bond motifs is 4. The molecule has 2 aromatic carbocycles. The van der Waals surface area contributed by atoms with Crippen LogP contribution in [0.4, 0.5) is 4.39 Å². The van der Waals surface area contributed by atoms with Crippen molar-refractivity contribution in [2.24, 2.45) is 0 Å². The Morgan fingerprint density at radius 2 is 1.62 bits per heavy atom. The predicted octanol–water partition coefficient (Wildman–Crippen LogP) is 6.13. The summed E-state index contributed by atoms with van der Waals surface area (Å²) in [5.41, 5.74) is 4.94. The number of aromatic nitrogens is 1. The van der Waals surface area contributed by atoms with E-state index >= 15 is 0 Å². The Kier molecular flexibility index (Phi) is 3.17. The van der Waals surface area contributed by atoms with Crippen LogP contribution >= 0.6 is 11.3 Å². The number of nitrogens with zero attached hydrogens (tertiary/aromatic N) is 1. The highest BCUT2D eigenvalue weighted by Gasteiger charge is 2.15. The molecule has 0 saturated carbocycles. The molecule has 0 saturated heterocycles. The van der Waals surface area contributed by atoms with Crippen LogP contribution in [-0.4, -0.2) is 4.98 Å². The Bertz CT molecular complexity index is 1060. The highest BCUT2D eigenvalue weighted by atomic mass is 32.1. The molecule has 0 spiro atoms. The van der Waals surface area contributed by atoms with E-state index in [1.165, 1.54) is 69.1 Å². The van der Waals surface area contributed by atoms with Crippen molar-refractivity contribution in [3.05, 3.63) is 65.6 Å². The zero-order valence-electron chi connectivity index (χ0n) is 13.2. The summed E-state index contributed by atoms with van der Waals surface area (Å²) in [6.07, 6.45) is 6.85. The van der Waals surface area contributed by atoms with Crippen LogP contribution in [0.2, 0.25) is 0 Å². The maximum Gasteiger partial charge on any atom is 0.123 e. The minimum Gasteiger partial charge on any atom is -0.255 e. The Labute approximate surface area is 143 Å². The standard InChI is InChI=1S/C21H16FNS/c22-16-7-5-13(6-8-16)20-21-17(9-10-23-20)18-11-14-3-1-2-4-15(14)12-19(18)24-21/h5-12H,1-4H2. The van der Waals surface area contributed by atoms with Crippen LogP contribution in [0.5, 0.6) is 0 Å². The van der Waals surface area contributed by atoms with Gasteiger partial charge in [-0.3, -0.25) is 4.98 Å². The normalized spacial score (nSPS) is 14.2. The fraction of sp³-hybridized carbons (Fsp3) is 0.190. The molecular formula is C21H16FNS. The van der Waals surface area contributed by atoms with Crippen molar-refractivity contribution >= 4 is 31.5 Å². The molecule has 24 heavy (non-hydrogen) atoms. The Morgan fingerprint density at radius 3 is 2.42 bits per heavy atom. The topological polar surface area (TPSA) is 12.9 Å². The van der Waals surface area contributed by atoms with Gasteiger partial charge in [-0.15, -0.1) is 11.3 Å². The predicted molar refractivity (Wildman–Crippen MR) is 99.2 cm³/mol. The van der Waals surface area contributed by atoms with E-state index in [1.54, 1.807) is 11.3 Å². The highest BCUT2D eigenvalue weighted by Crippen LogP contribution is 2.40. The second-order valence-corrected chi connectivity index (χ2v) is 7.52. The fourth-order valence-corrected chi connectivity index (χ4v) is 5.00.